The van der Waals surface area contributed by atoms with E-state index in [0.717, 1.165) is 29.8 Å². The summed E-state index contributed by atoms with van der Waals surface area (Å²) in [5, 5.41) is 3.40. The van der Waals surface area contributed by atoms with E-state index in [0.29, 0.717) is 5.92 Å². The maximum Gasteiger partial charge on any atom is 0.122 e. The lowest BCUT2D eigenvalue weighted by atomic mass is 9.85. The molecule has 1 N–H and O–H groups in total. The van der Waals surface area contributed by atoms with Crippen molar-refractivity contribution in [2.75, 3.05) is 5.32 Å². The van der Waals surface area contributed by atoms with E-state index < -0.39 is 0 Å². The first kappa shape index (κ1) is 14.1. The Bertz CT molecular complexity index is 659. The predicted octanol–water partition coefficient (Wildman–Crippen LogP) is 5.68. The molecule has 2 nitrogen and oxygen atoms in total. The highest BCUT2D eigenvalue weighted by Gasteiger charge is 2.39. The van der Waals surface area contributed by atoms with Crippen molar-refractivity contribution in [3.8, 4) is 0 Å². The molecule has 114 valence electrons. The fourth-order valence-corrected chi connectivity index (χ4v) is 4.91. The number of halogens is 1. The van der Waals surface area contributed by atoms with Gasteiger partial charge in [0.2, 0.25) is 0 Å². The van der Waals surface area contributed by atoms with Crippen LogP contribution in [-0.2, 0) is 6.54 Å². The van der Waals surface area contributed by atoms with E-state index in [2.05, 4.69) is 51.6 Å². The number of hydrogen-bond donors (Lipinski definition) is 1. The third kappa shape index (κ3) is 2.63. The van der Waals surface area contributed by atoms with Crippen molar-refractivity contribution >= 4 is 21.6 Å². The van der Waals surface area contributed by atoms with E-state index in [1.165, 1.54) is 29.3 Å². The molecule has 2 aliphatic rings. The summed E-state index contributed by atoms with van der Waals surface area (Å²) in [4.78, 5) is 0. The molecule has 0 radical (unpaired) electrons. The minimum atomic E-state index is 0.562. The highest BCUT2D eigenvalue weighted by molar-refractivity contribution is 9.11. The zero-order valence-corrected chi connectivity index (χ0v) is 14.1. The van der Waals surface area contributed by atoms with Gasteiger partial charge in [0.15, 0.2) is 0 Å². The zero-order valence-electron chi connectivity index (χ0n) is 12.5. The number of allylic oxidation sites excluding steroid dienone is 2. The largest absolute Gasteiger partial charge is 0.467 e. The molecular weight excluding hydrogens is 338 g/mol. The number of hydrogen-bond acceptors (Lipinski definition) is 2. The quantitative estimate of drug-likeness (QED) is 0.760. The third-order valence-corrected chi connectivity index (χ3v) is 5.80. The Morgan fingerprint density at radius 1 is 1.14 bits per heavy atom. The maximum absolute atomic E-state index is 5.35. The molecule has 0 spiro atoms. The van der Waals surface area contributed by atoms with Gasteiger partial charge in [0, 0.05) is 11.6 Å². The molecule has 2 aromatic rings. The molecule has 3 atom stereocenters. The Labute approximate surface area is 139 Å². The third-order valence-electron chi connectivity index (χ3n) is 5.04. The highest BCUT2D eigenvalue weighted by Crippen LogP contribution is 2.53. The molecule has 0 saturated heterocycles. The van der Waals surface area contributed by atoms with Gasteiger partial charge in [-0.1, -0.05) is 40.6 Å². The summed E-state index contributed by atoms with van der Waals surface area (Å²) in [6, 6.07) is 12.8. The molecule has 4 rings (SSSR count). The molecule has 1 aromatic heterocycles. The van der Waals surface area contributed by atoms with E-state index in [4.69, 9.17) is 4.42 Å². The Balaban J connectivity index is 1.46. The summed E-state index contributed by atoms with van der Waals surface area (Å²) < 4.78 is 6.73. The second-order valence-corrected chi connectivity index (χ2v) is 7.26. The summed E-state index contributed by atoms with van der Waals surface area (Å²) in [6.45, 7) is 0.726. The van der Waals surface area contributed by atoms with E-state index in [9.17, 15) is 0 Å². The van der Waals surface area contributed by atoms with Crippen LogP contribution >= 0.6 is 15.9 Å². The molecule has 1 fully saturated rings. The SMILES string of the molecule is BrC1=CC2CCCC2C1c1ccc(NCc2ccco2)cc1. The van der Waals surface area contributed by atoms with Crippen LogP contribution in [0.5, 0.6) is 0 Å². The number of benzene rings is 1. The lowest BCUT2D eigenvalue weighted by Crippen LogP contribution is -2.10. The van der Waals surface area contributed by atoms with Crippen LogP contribution in [0.1, 0.15) is 36.5 Å². The van der Waals surface area contributed by atoms with Gasteiger partial charge in [-0.15, -0.1) is 0 Å². The van der Waals surface area contributed by atoms with Crippen LogP contribution < -0.4 is 5.32 Å². The van der Waals surface area contributed by atoms with Crippen LogP contribution in [-0.4, -0.2) is 0 Å². The van der Waals surface area contributed by atoms with E-state index >= 15 is 0 Å². The number of furan rings is 1. The first-order chi connectivity index (χ1) is 10.8. The lowest BCUT2D eigenvalue weighted by Gasteiger charge is -2.21. The second-order valence-electron chi connectivity index (χ2n) is 6.34. The van der Waals surface area contributed by atoms with Crippen molar-refractivity contribution in [1.82, 2.24) is 0 Å². The average Bonchev–Trinajstić information content (AvgIpc) is 3.23. The van der Waals surface area contributed by atoms with Gasteiger partial charge in [-0.3, -0.25) is 0 Å². The van der Waals surface area contributed by atoms with Gasteiger partial charge in [0.1, 0.15) is 5.76 Å². The number of anilines is 1. The van der Waals surface area contributed by atoms with Gasteiger partial charge in [-0.25, -0.2) is 0 Å². The van der Waals surface area contributed by atoms with Crippen LogP contribution in [0.15, 0.2) is 57.6 Å². The molecule has 3 unspecified atom stereocenters. The van der Waals surface area contributed by atoms with Crippen molar-refractivity contribution in [1.29, 1.82) is 0 Å². The van der Waals surface area contributed by atoms with Gasteiger partial charge in [-0.05, 0) is 59.0 Å². The average molecular weight is 358 g/mol. The number of rotatable bonds is 4. The summed E-state index contributed by atoms with van der Waals surface area (Å²) >= 11 is 3.81. The van der Waals surface area contributed by atoms with Crippen molar-refractivity contribution < 1.29 is 4.42 Å². The van der Waals surface area contributed by atoms with Crippen LogP contribution in [0.3, 0.4) is 0 Å². The monoisotopic (exact) mass is 357 g/mol. The van der Waals surface area contributed by atoms with Crippen LogP contribution in [0.4, 0.5) is 5.69 Å². The van der Waals surface area contributed by atoms with Gasteiger partial charge < -0.3 is 9.73 Å². The summed E-state index contributed by atoms with van der Waals surface area (Å²) in [5.74, 6) is 3.11. The van der Waals surface area contributed by atoms with E-state index in [-0.39, 0.29) is 0 Å². The standard InChI is InChI=1S/C19H20BrNO/c20-18-11-14-3-1-5-17(14)19(18)13-6-8-15(9-7-13)21-12-16-4-2-10-22-16/h2,4,6-11,14,17,19,21H,1,3,5,12H2. The predicted molar refractivity (Wildman–Crippen MR) is 93.1 cm³/mol. The van der Waals surface area contributed by atoms with Gasteiger partial charge in [0.25, 0.3) is 0 Å². The normalized spacial score (nSPS) is 26.8. The van der Waals surface area contributed by atoms with Crippen molar-refractivity contribution in [3.63, 3.8) is 0 Å². The Hall–Kier alpha value is -1.48. The Morgan fingerprint density at radius 3 is 2.77 bits per heavy atom. The smallest absolute Gasteiger partial charge is 0.122 e. The molecule has 2 aliphatic carbocycles. The molecule has 3 heteroatoms. The minimum absolute atomic E-state index is 0.562. The number of fused-ring (bicyclic) bond motifs is 1. The molecule has 0 aliphatic heterocycles. The zero-order chi connectivity index (χ0) is 14.9. The first-order valence-corrected chi connectivity index (χ1v) is 8.84. The van der Waals surface area contributed by atoms with Crippen LogP contribution in [0.25, 0.3) is 0 Å². The molecule has 1 aromatic carbocycles. The molecule has 0 amide bonds. The van der Waals surface area contributed by atoms with E-state index in [1.54, 1.807) is 6.26 Å². The highest BCUT2D eigenvalue weighted by atomic mass is 79.9. The van der Waals surface area contributed by atoms with Gasteiger partial charge in [-0.2, -0.15) is 0 Å². The van der Waals surface area contributed by atoms with E-state index in [1.807, 2.05) is 12.1 Å². The molecular formula is C19H20BrNO. The summed E-state index contributed by atoms with van der Waals surface area (Å²) in [5.41, 5.74) is 2.57. The summed E-state index contributed by atoms with van der Waals surface area (Å²) in [7, 11) is 0. The van der Waals surface area contributed by atoms with Crippen LogP contribution in [0.2, 0.25) is 0 Å². The molecule has 1 heterocycles. The first-order valence-electron chi connectivity index (χ1n) is 8.05. The second kappa shape index (κ2) is 5.96. The fraction of sp³-hybridized carbons (Fsp3) is 0.368. The lowest BCUT2D eigenvalue weighted by molar-refractivity contribution is 0.448. The molecule has 0 bridgehead atoms. The minimum Gasteiger partial charge on any atom is -0.467 e. The van der Waals surface area contributed by atoms with Crippen molar-refractivity contribution in [2.24, 2.45) is 11.8 Å². The molecule has 22 heavy (non-hydrogen) atoms. The fourth-order valence-electron chi connectivity index (χ4n) is 3.97. The Morgan fingerprint density at radius 2 is 2.00 bits per heavy atom. The molecule has 1 saturated carbocycles. The topological polar surface area (TPSA) is 25.2 Å². The van der Waals surface area contributed by atoms with Crippen molar-refractivity contribution in [3.05, 3.63) is 64.5 Å². The Kier molecular flexibility index (Phi) is 3.83. The van der Waals surface area contributed by atoms with Gasteiger partial charge >= 0.3 is 0 Å². The number of nitrogens with one attached hydrogen (secondary N) is 1. The van der Waals surface area contributed by atoms with Crippen molar-refractivity contribution in [2.45, 2.75) is 31.7 Å². The maximum atomic E-state index is 5.35. The summed E-state index contributed by atoms with van der Waals surface area (Å²) in [6.07, 6.45) is 8.26. The van der Waals surface area contributed by atoms with Crippen LogP contribution in [0, 0.1) is 11.8 Å². The van der Waals surface area contributed by atoms with Gasteiger partial charge in [0.05, 0.1) is 12.8 Å².